The number of fused-ring (bicyclic) bond motifs is 6. The molecule has 9 heteroatoms. The average molecular weight is 1050 g/mol. The van der Waals surface area contributed by atoms with E-state index in [-0.39, 0.29) is 16.7 Å². The van der Waals surface area contributed by atoms with Gasteiger partial charge in [0.2, 0.25) is 0 Å². The lowest BCUT2D eigenvalue weighted by Gasteiger charge is -2.33. The Kier molecular flexibility index (Phi) is 12.8. The minimum absolute atomic E-state index is 0.241. The third-order valence-electron chi connectivity index (χ3n) is 14.0. The molecule has 78 heavy (non-hydrogen) atoms. The minimum atomic E-state index is 0.241. The molecule has 3 heterocycles. The molecular weight excluding hydrogens is 1010 g/mol. The fourth-order valence-electron chi connectivity index (χ4n) is 10.4. The number of para-hydroxylation sites is 6. The molecule has 3 aliphatic rings. The van der Waals surface area contributed by atoms with Gasteiger partial charge < -0.3 is 14.7 Å². The third-order valence-corrected chi connectivity index (χ3v) is 17.3. The molecule has 6 nitrogen and oxygen atoms in total. The van der Waals surface area contributed by atoms with E-state index in [0.717, 1.165) is 97.2 Å². The molecule has 0 fully saturated rings. The normalized spacial score (nSPS) is 13.0. The first kappa shape index (κ1) is 48.0. The Bertz CT molecular complexity index is 3790. The molecule has 3 aliphatic heterocycles. The fourth-order valence-corrected chi connectivity index (χ4v) is 13.7. The summed E-state index contributed by atoms with van der Waals surface area (Å²) >= 11 is 5.15. The standard InChI is InChI=1S/C69H42N6S3/c70-43-55-52(34-28-46-31-37-61-67(40-46)76-64-25-13-10-22-58(64)73(61)49-16-4-1-5-17-49)56(44-71)54(36-30-48-33-39-63-69(42-48)78-66-27-15-12-24-60(66)75(63)51-20-8-3-9-21-51)57(45-72)53(55)35-29-47-32-38-62-68(41-47)77-65-26-14-11-23-59(65)74(62)50-18-6-2-7-19-50/h1-42H/b34-28+,35-29+,36-30+. The average Bonchev–Trinajstić information content (AvgIpc) is 3.58. The van der Waals surface area contributed by atoms with Crippen molar-refractivity contribution in [3.8, 4) is 18.2 Å². The van der Waals surface area contributed by atoms with Crippen LogP contribution in [0.4, 0.5) is 51.2 Å². The maximum Gasteiger partial charge on any atom is 0.100 e. The Morgan fingerprint density at radius 3 is 0.808 bits per heavy atom. The second-order valence-electron chi connectivity index (χ2n) is 18.6. The SMILES string of the molecule is N#Cc1c(/C=C/c2ccc3c(c2)Sc2ccccc2N3c2ccccc2)c(C#N)c(/C=C/c2ccc3c(c2)Sc2ccccc2N3c2ccccc2)c(C#N)c1/C=C/c1ccc2c(c1)Sc1ccccc1N2c1ccccc1. The van der Waals surface area contributed by atoms with Crippen molar-refractivity contribution in [1.82, 2.24) is 0 Å². The molecule has 0 saturated heterocycles. The number of anilines is 9. The van der Waals surface area contributed by atoms with Crippen LogP contribution in [0, 0.1) is 34.0 Å². The lowest BCUT2D eigenvalue weighted by molar-refractivity contribution is 1.16. The first-order chi connectivity index (χ1) is 38.5. The van der Waals surface area contributed by atoms with Gasteiger partial charge in [0.05, 0.1) is 50.8 Å². The van der Waals surface area contributed by atoms with Crippen LogP contribution in [0.1, 0.15) is 50.1 Å². The lowest BCUT2D eigenvalue weighted by atomic mass is 9.86. The molecule has 0 aliphatic carbocycles. The van der Waals surface area contributed by atoms with Crippen molar-refractivity contribution in [2.45, 2.75) is 29.4 Å². The predicted octanol–water partition coefficient (Wildman–Crippen LogP) is 19.6. The maximum absolute atomic E-state index is 11.2. The van der Waals surface area contributed by atoms with Gasteiger partial charge in [0, 0.05) is 63.1 Å². The van der Waals surface area contributed by atoms with Crippen molar-refractivity contribution in [1.29, 1.82) is 15.8 Å². The van der Waals surface area contributed by atoms with E-state index < -0.39 is 0 Å². The van der Waals surface area contributed by atoms with Crippen LogP contribution in [0.2, 0.25) is 0 Å². The maximum atomic E-state index is 11.2. The van der Waals surface area contributed by atoms with Gasteiger partial charge in [-0.1, -0.05) is 181 Å². The van der Waals surface area contributed by atoms with Crippen molar-refractivity contribution in [3.63, 3.8) is 0 Å². The molecule has 10 aromatic carbocycles. The van der Waals surface area contributed by atoms with Crippen molar-refractivity contribution in [2.24, 2.45) is 0 Å². The number of nitriles is 3. The van der Waals surface area contributed by atoms with Crippen LogP contribution in [-0.2, 0) is 0 Å². The van der Waals surface area contributed by atoms with Crippen molar-refractivity contribution in [2.75, 3.05) is 14.7 Å². The highest BCUT2D eigenvalue weighted by Crippen LogP contribution is 2.54. The van der Waals surface area contributed by atoms with Crippen LogP contribution < -0.4 is 14.7 Å². The van der Waals surface area contributed by atoms with E-state index in [4.69, 9.17) is 0 Å². The summed E-state index contributed by atoms with van der Waals surface area (Å²) in [6, 6.07) is 82.8. The van der Waals surface area contributed by atoms with Gasteiger partial charge in [-0.25, -0.2) is 0 Å². The number of hydrogen-bond donors (Lipinski definition) is 0. The summed E-state index contributed by atoms with van der Waals surface area (Å²) in [7, 11) is 0. The van der Waals surface area contributed by atoms with Crippen LogP contribution >= 0.6 is 35.3 Å². The minimum Gasteiger partial charge on any atom is -0.308 e. The molecule has 0 spiro atoms. The van der Waals surface area contributed by atoms with Gasteiger partial charge in [0.1, 0.15) is 18.2 Å². The van der Waals surface area contributed by atoms with Gasteiger partial charge in [-0.3, -0.25) is 0 Å². The topological polar surface area (TPSA) is 81.1 Å². The third kappa shape index (κ3) is 8.81. The Morgan fingerprint density at radius 1 is 0.269 bits per heavy atom. The predicted molar refractivity (Wildman–Crippen MR) is 323 cm³/mol. The summed E-state index contributed by atoms with van der Waals surface area (Å²) in [6.07, 6.45) is 11.5. The van der Waals surface area contributed by atoms with Gasteiger partial charge in [0.15, 0.2) is 0 Å². The molecule has 0 unspecified atom stereocenters. The summed E-state index contributed by atoms with van der Waals surface area (Å²) in [4.78, 5) is 13.5. The lowest BCUT2D eigenvalue weighted by Crippen LogP contribution is -2.14. The second-order valence-corrected chi connectivity index (χ2v) is 21.9. The van der Waals surface area contributed by atoms with Crippen molar-refractivity contribution >= 4 is 123 Å². The van der Waals surface area contributed by atoms with Crippen LogP contribution in [0.25, 0.3) is 36.5 Å². The number of hydrogen-bond acceptors (Lipinski definition) is 9. The summed E-state index contributed by atoms with van der Waals surface area (Å²) in [5.41, 5.74) is 14.4. The Balaban J connectivity index is 0.923. The zero-order valence-electron chi connectivity index (χ0n) is 41.7. The summed E-state index contributed by atoms with van der Waals surface area (Å²) in [5, 5.41) is 33.7. The van der Waals surface area contributed by atoms with E-state index in [1.165, 1.54) is 0 Å². The molecule has 0 bridgehead atoms. The van der Waals surface area contributed by atoms with Crippen LogP contribution in [0.3, 0.4) is 0 Å². The fraction of sp³-hybridized carbons (Fsp3) is 0. The molecule has 0 atom stereocenters. The highest BCUT2D eigenvalue weighted by Gasteiger charge is 2.28. The first-order valence-corrected chi connectivity index (χ1v) is 27.8. The van der Waals surface area contributed by atoms with Gasteiger partial charge in [-0.2, -0.15) is 15.8 Å². The highest BCUT2D eigenvalue weighted by molar-refractivity contribution is 8.00. The molecule has 0 radical (unpaired) electrons. The van der Waals surface area contributed by atoms with Gasteiger partial charge in [-0.15, -0.1) is 0 Å². The largest absolute Gasteiger partial charge is 0.308 e. The Labute approximate surface area is 466 Å². The van der Waals surface area contributed by atoms with E-state index >= 15 is 0 Å². The highest BCUT2D eigenvalue weighted by atomic mass is 32.2. The smallest absolute Gasteiger partial charge is 0.100 e. The summed E-state index contributed by atoms with van der Waals surface area (Å²) in [6.45, 7) is 0. The van der Waals surface area contributed by atoms with Gasteiger partial charge in [-0.05, 0) is 126 Å². The molecule has 0 aromatic heterocycles. The number of rotatable bonds is 9. The van der Waals surface area contributed by atoms with E-state index in [1.807, 2.05) is 54.7 Å². The molecule has 10 aromatic rings. The molecule has 0 saturated carbocycles. The molecular formula is C69H42N6S3. The molecule has 13 rings (SSSR count). The molecule has 0 amide bonds. The van der Waals surface area contributed by atoms with Gasteiger partial charge >= 0.3 is 0 Å². The van der Waals surface area contributed by atoms with Crippen molar-refractivity contribution in [3.05, 3.63) is 268 Å². The number of nitrogens with zero attached hydrogens (tertiary/aromatic N) is 6. The Hall–Kier alpha value is -9.66. The van der Waals surface area contributed by atoms with E-state index in [0.29, 0.717) is 16.7 Å². The van der Waals surface area contributed by atoms with Crippen molar-refractivity contribution < 1.29 is 0 Å². The summed E-state index contributed by atoms with van der Waals surface area (Å²) < 4.78 is 0. The van der Waals surface area contributed by atoms with Gasteiger partial charge in [0.25, 0.3) is 0 Å². The summed E-state index contributed by atoms with van der Waals surface area (Å²) in [5.74, 6) is 0. The zero-order chi connectivity index (χ0) is 52.5. The van der Waals surface area contributed by atoms with Crippen LogP contribution in [0.5, 0.6) is 0 Å². The van der Waals surface area contributed by atoms with Crippen LogP contribution in [0.15, 0.2) is 248 Å². The number of benzene rings is 10. The zero-order valence-corrected chi connectivity index (χ0v) is 44.1. The monoisotopic (exact) mass is 1050 g/mol. The second kappa shape index (κ2) is 20.8. The van der Waals surface area contributed by atoms with E-state index in [9.17, 15) is 15.8 Å². The quantitative estimate of drug-likeness (QED) is 0.131. The van der Waals surface area contributed by atoms with Crippen LogP contribution in [-0.4, -0.2) is 0 Å². The molecule has 0 N–H and O–H groups in total. The first-order valence-electron chi connectivity index (χ1n) is 25.3. The van der Waals surface area contributed by atoms with E-state index in [1.54, 1.807) is 35.3 Å². The van der Waals surface area contributed by atoms with E-state index in [2.05, 4.69) is 233 Å². The Morgan fingerprint density at radius 2 is 0.526 bits per heavy atom. The molecule has 366 valence electrons.